The van der Waals surface area contributed by atoms with Crippen molar-refractivity contribution >= 4 is 5.95 Å². The van der Waals surface area contributed by atoms with Crippen molar-refractivity contribution in [3.8, 4) is 0 Å². The van der Waals surface area contributed by atoms with E-state index in [0.717, 1.165) is 57.9 Å². The fourth-order valence-electron chi connectivity index (χ4n) is 3.30. The van der Waals surface area contributed by atoms with E-state index in [4.69, 9.17) is 9.47 Å². The lowest BCUT2D eigenvalue weighted by molar-refractivity contribution is -0.0191. The number of aromatic nitrogens is 2. The summed E-state index contributed by atoms with van der Waals surface area (Å²) in [6.07, 6.45) is 8.24. The molecule has 5 heteroatoms. The lowest BCUT2D eigenvalue weighted by atomic mass is 9.88. The van der Waals surface area contributed by atoms with Crippen molar-refractivity contribution in [3.63, 3.8) is 0 Å². The molecule has 5 nitrogen and oxygen atoms in total. The van der Waals surface area contributed by atoms with Gasteiger partial charge in [-0.05, 0) is 31.7 Å². The third-order valence-electron chi connectivity index (χ3n) is 4.63. The molecular weight excluding hydrogens is 266 g/mol. The first-order chi connectivity index (χ1) is 10.2. The maximum atomic E-state index is 6.07. The van der Waals surface area contributed by atoms with E-state index in [2.05, 4.69) is 21.8 Å². The molecule has 1 unspecified atom stereocenters. The molecule has 0 aromatic carbocycles. The molecule has 1 spiro atoms. The average molecular weight is 291 g/mol. The van der Waals surface area contributed by atoms with Crippen LogP contribution in [0.25, 0.3) is 0 Å². The molecule has 3 rings (SSSR count). The standard InChI is InChI=1S/C16H25N3O2/c1-3-13-10-17-15(18-11-13)19-7-5-16(6-8-19)9-14(12-21-16)20-4-2/h10-11,14H,3-9,12H2,1-2H3. The lowest BCUT2D eigenvalue weighted by Gasteiger charge is -2.38. The van der Waals surface area contributed by atoms with Crippen LogP contribution in [0.5, 0.6) is 0 Å². The Morgan fingerprint density at radius 3 is 2.62 bits per heavy atom. The Hall–Kier alpha value is -1.20. The van der Waals surface area contributed by atoms with E-state index in [1.807, 2.05) is 19.3 Å². The zero-order chi connectivity index (χ0) is 14.7. The molecule has 116 valence electrons. The van der Waals surface area contributed by atoms with Gasteiger partial charge in [-0.2, -0.15) is 0 Å². The zero-order valence-corrected chi connectivity index (χ0v) is 13.0. The Balaban J connectivity index is 1.57. The second-order valence-corrected chi connectivity index (χ2v) is 6.01. The summed E-state index contributed by atoms with van der Waals surface area (Å²) in [7, 11) is 0. The van der Waals surface area contributed by atoms with Crippen LogP contribution >= 0.6 is 0 Å². The molecule has 0 saturated carbocycles. The second-order valence-electron chi connectivity index (χ2n) is 6.01. The molecular formula is C16H25N3O2. The number of aryl methyl sites for hydroxylation is 1. The third kappa shape index (κ3) is 3.19. The molecule has 0 amide bonds. The predicted molar refractivity (Wildman–Crippen MR) is 81.6 cm³/mol. The molecule has 2 fully saturated rings. The smallest absolute Gasteiger partial charge is 0.225 e. The summed E-state index contributed by atoms with van der Waals surface area (Å²) in [4.78, 5) is 11.2. The quantitative estimate of drug-likeness (QED) is 0.851. The summed E-state index contributed by atoms with van der Waals surface area (Å²) in [6, 6.07) is 0. The van der Waals surface area contributed by atoms with Gasteiger partial charge in [-0.15, -0.1) is 0 Å². The van der Waals surface area contributed by atoms with Gasteiger partial charge in [-0.25, -0.2) is 9.97 Å². The van der Waals surface area contributed by atoms with Crippen LogP contribution < -0.4 is 4.90 Å². The number of nitrogens with zero attached hydrogens (tertiary/aromatic N) is 3. The molecule has 0 radical (unpaired) electrons. The van der Waals surface area contributed by atoms with Crippen molar-refractivity contribution in [2.24, 2.45) is 0 Å². The van der Waals surface area contributed by atoms with Gasteiger partial charge in [0, 0.05) is 38.5 Å². The summed E-state index contributed by atoms with van der Waals surface area (Å²) >= 11 is 0. The number of hydrogen-bond acceptors (Lipinski definition) is 5. The van der Waals surface area contributed by atoms with Crippen LogP contribution in [-0.4, -0.2) is 48.0 Å². The molecule has 1 aromatic heterocycles. The normalized spacial score (nSPS) is 24.7. The minimum absolute atomic E-state index is 0.0275. The first-order valence-corrected chi connectivity index (χ1v) is 8.06. The fraction of sp³-hybridized carbons (Fsp3) is 0.750. The van der Waals surface area contributed by atoms with E-state index in [1.165, 1.54) is 5.56 Å². The topological polar surface area (TPSA) is 47.5 Å². The van der Waals surface area contributed by atoms with E-state index >= 15 is 0 Å². The number of anilines is 1. The van der Waals surface area contributed by atoms with Crippen molar-refractivity contribution in [1.29, 1.82) is 0 Å². The van der Waals surface area contributed by atoms with Gasteiger partial charge in [0.25, 0.3) is 0 Å². The maximum Gasteiger partial charge on any atom is 0.225 e. The minimum Gasteiger partial charge on any atom is -0.376 e. The molecule has 1 atom stereocenters. The van der Waals surface area contributed by atoms with E-state index in [9.17, 15) is 0 Å². The van der Waals surface area contributed by atoms with Crippen LogP contribution in [0.3, 0.4) is 0 Å². The average Bonchev–Trinajstić information content (AvgIpc) is 2.91. The van der Waals surface area contributed by atoms with E-state index in [-0.39, 0.29) is 11.7 Å². The molecule has 0 bridgehead atoms. The Kier molecular flexibility index (Phi) is 4.40. The van der Waals surface area contributed by atoms with Gasteiger partial charge in [0.15, 0.2) is 0 Å². The summed E-state index contributed by atoms with van der Waals surface area (Å²) in [6.45, 7) is 7.61. The summed E-state index contributed by atoms with van der Waals surface area (Å²) < 4.78 is 11.8. The molecule has 3 heterocycles. The van der Waals surface area contributed by atoms with Crippen molar-refractivity contribution in [2.75, 3.05) is 31.2 Å². The van der Waals surface area contributed by atoms with Gasteiger partial charge in [0.1, 0.15) is 0 Å². The Bertz CT molecular complexity index is 455. The first kappa shape index (κ1) is 14.7. The van der Waals surface area contributed by atoms with Crippen LogP contribution in [0.15, 0.2) is 12.4 Å². The van der Waals surface area contributed by atoms with Gasteiger partial charge in [-0.3, -0.25) is 0 Å². The van der Waals surface area contributed by atoms with Gasteiger partial charge >= 0.3 is 0 Å². The van der Waals surface area contributed by atoms with Crippen molar-refractivity contribution < 1.29 is 9.47 Å². The Morgan fingerprint density at radius 1 is 1.29 bits per heavy atom. The highest BCUT2D eigenvalue weighted by atomic mass is 16.6. The maximum absolute atomic E-state index is 6.07. The Morgan fingerprint density at radius 2 is 2.00 bits per heavy atom. The lowest BCUT2D eigenvalue weighted by Crippen LogP contribution is -2.45. The highest BCUT2D eigenvalue weighted by Crippen LogP contribution is 2.37. The summed E-state index contributed by atoms with van der Waals surface area (Å²) in [5, 5.41) is 0. The predicted octanol–water partition coefficient (Wildman–Crippen LogP) is 2.20. The number of piperidine rings is 1. The van der Waals surface area contributed by atoms with Crippen LogP contribution in [-0.2, 0) is 15.9 Å². The summed E-state index contributed by atoms with van der Waals surface area (Å²) in [5.41, 5.74) is 1.21. The van der Waals surface area contributed by atoms with Gasteiger partial charge in [-0.1, -0.05) is 6.92 Å². The fourth-order valence-corrected chi connectivity index (χ4v) is 3.30. The van der Waals surface area contributed by atoms with Gasteiger partial charge in [0.2, 0.25) is 5.95 Å². The number of rotatable bonds is 4. The van der Waals surface area contributed by atoms with Crippen LogP contribution in [0.1, 0.15) is 38.7 Å². The van der Waals surface area contributed by atoms with Crippen LogP contribution in [0, 0.1) is 0 Å². The second kappa shape index (κ2) is 6.28. The van der Waals surface area contributed by atoms with Gasteiger partial charge in [0.05, 0.1) is 18.3 Å². The molecule has 1 aromatic rings. The van der Waals surface area contributed by atoms with E-state index in [1.54, 1.807) is 0 Å². The first-order valence-electron chi connectivity index (χ1n) is 8.06. The minimum atomic E-state index is 0.0275. The SMILES string of the molecule is CCOC1COC2(CCN(c3ncc(CC)cn3)CC2)C1. The van der Waals surface area contributed by atoms with Crippen LogP contribution in [0.2, 0.25) is 0 Å². The van der Waals surface area contributed by atoms with Crippen molar-refractivity contribution in [1.82, 2.24) is 9.97 Å². The monoisotopic (exact) mass is 291 g/mol. The molecule has 2 aliphatic rings. The highest BCUT2D eigenvalue weighted by molar-refractivity contribution is 5.31. The summed E-state index contributed by atoms with van der Waals surface area (Å²) in [5.74, 6) is 0.849. The molecule has 21 heavy (non-hydrogen) atoms. The number of hydrogen-bond donors (Lipinski definition) is 0. The zero-order valence-electron chi connectivity index (χ0n) is 13.0. The van der Waals surface area contributed by atoms with Crippen molar-refractivity contribution in [2.45, 2.75) is 51.2 Å². The molecule has 0 aliphatic carbocycles. The van der Waals surface area contributed by atoms with Crippen LogP contribution in [0.4, 0.5) is 5.95 Å². The van der Waals surface area contributed by atoms with E-state index < -0.39 is 0 Å². The third-order valence-corrected chi connectivity index (χ3v) is 4.63. The largest absolute Gasteiger partial charge is 0.376 e. The molecule has 2 saturated heterocycles. The van der Waals surface area contributed by atoms with Crippen molar-refractivity contribution in [3.05, 3.63) is 18.0 Å². The Labute approximate surface area is 126 Å². The molecule has 0 N–H and O–H groups in total. The molecule has 2 aliphatic heterocycles. The van der Waals surface area contributed by atoms with Gasteiger partial charge < -0.3 is 14.4 Å². The highest BCUT2D eigenvalue weighted by Gasteiger charge is 2.43. The number of ether oxygens (including phenoxy) is 2. The van der Waals surface area contributed by atoms with E-state index in [0.29, 0.717) is 0 Å².